The number of aliphatic hydroxyl groups excluding tert-OH is 1. The van der Waals surface area contributed by atoms with Crippen LogP contribution in [0.3, 0.4) is 0 Å². The van der Waals surface area contributed by atoms with Crippen LogP contribution >= 0.6 is 0 Å². The number of rotatable bonds is 2. The van der Waals surface area contributed by atoms with Gasteiger partial charge < -0.3 is 10.0 Å². The summed E-state index contributed by atoms with van der Waals surface area (Å²) in [6, 6.07) is 8.23. The molecule has 1 N–H and O–H groups in total. The molecule has 2 nitrogen and oxygen atoms in total. The van der Waals surface area contributed by atoms with Crippen molar-refractivity contribution in [1.82, 2.24) is 0 Å². The van der Waals surface area contributed by atoms with E-state index in [-0.39, 0.29) is 6.10 Å². The van der Waals surface area contributed by atoms with Crippen LogP contribution in [0, 0.1) is 0 Å². The fraction of sp³-hybridized carbons (Fsp3) is 0.500. The van der Waals surface area contributed by atoms with E-state index in [1.165, 1.54) is 31.6 Å². The fourth-order valence-electron chi connectivity index (χ4n) is 1.94. The number of hydrogen-bond acceptors (Lipinski definition) is 2. The lowest BCUT2D eigenvalue weighted by atomic mass is 10.1. The maximum Gasteiger partial charge on any atom is 0.0761 e. The lowest BCUT2D eigenvalue weighted by molar-refractivity contribution is 0.199. The smallest absolute Gasteiger partial charge is 0.0761 e. The van der Waals surface area contributed by atoms with Gasteiger partial charge in [0.25, 0.3) is 0 Å². The molecular formula is C12H17NO. The van der Waals surface area contributed by atoms with Crippen LogP contribution in [-0.4, -0.2) is 18.2 Å². The van der Waals surface area contributed by atoms with E-state index in [0.717, 1.165) is 5.56 Å². The van der Waals surface area contributed by atoms with Crippen LogP contribution in [0.25, 0.3) is 0 Å². The molecule has 0 unspecified atom stereocenters. The highest BCUT2D eigenvalue weighted by atomic mass is 16.3. The van der Waals surface area contributed by atoms with Crippen molar-refractivity contribution in [2.75, 3.05) is 18.0 Å². The molecule has 1 heterocycles. The monoisotopic (exact) mass is 191 g/mol. The molecule has 2 rings (SSSR count). The van der Waals surface area contributed by atoms with Gasteiger partial charge in [-0.25, -0.2) is 0 Å². The highest BCUT2D eigenvalue weighted by Gasteiger charge is 2.11. The molecule has 0 saturated carbocycles. The molecule has 0 aliphatic carbocycles. The molecule has 1 aliphatic rings. The Morgan fingerprint density at radius 3 is 2.21 bits per heavy atom. The highest BCUT2D eigenvalue weighted by molar-refractivity contribution is 5.48. The third-order valence-electron chi connectivity index (χ3n) is 2.85. The van der Waals surface area contributed by atoms with Gasteiger partial charge in [-0.15, -0.1) is 0 Å². The minimum absolute atomic E-state index is 0.359. The molecule has 76 valence electrons. The number of nitrogens with zero attached hydrogens (tertiary/aromatic N) is 1. The van der Waals surface area contributed by atoms with Crippen LogP contribution in [0.15, 0.2) is 24.3 Å². The van der Waals surface area contributed by atoms with Crippen molar-refractivity contribution in [3.63, 3.8) is 0 Å². The number of benzene rings is 1. The lowest BCUT2D eigenvalue weighted by Gasteiger charge is -2.18. The topological polar surface area (TPSA) is 23.5 Å². The molecular weight excluding hydrogens is 174 g/mol. The summed E-state index contributed by atoms with van der Waals surface area (Å²) in [7, 11) is 0. The molecule has 0 spiro atoms. The summed E-state index contributed by atoms with van der Waals surface area (Å²) in [5.41, 5.74) is 2.28. The zero-order valence-electron chi connectivity index (χ0n) is 8.61. The van der Waals surface area contributed by atoms with Crippen molar-refractivity contribution in [3.05, 3.63) is 29.8 Å². The van der Waals surface area contributed by atoms with Crippen molar-refractivity contribution in [2.24, 2.45) is 0 Å². The van der Waals surface area contributed by atoms with Crippen molar-refractivity contribution < 1.29 is 5.11 Å². The van der Waals surface area contributed by atoms with Gasteiger partial charge in [0.1, 0.15) is 0 Å². The molecule has 14 heavy (non-hydrogen) atoms. The number of hydrogen-bond donors (Lipinski definition) is 1. The van der Waals surface area contributed by atoms with Gasteiger partial charge in [-0.2, -0.15) is 0 Å². The van der Waals surface area contributed by atoms with Crippen molar-refractivity contribution in [2.45, 2.75) is 25.9 Å². The zero-order valence-corrected chi connectivity index (χ0v) is 8.61. The normalized spacial score (nSPS) is 18.6. The van der Waals surface area contributed by atoms with Crippen LogP contribution < -0.4 is 4.90 Å². The molecule has 1 atom stereocenters. The van der Waals surface area contributed by atoms with Gasteiger partial charge in [0, 0.05) is 18.8 Å². The van der Waals surface area contributed by atoms with Gasteiger partial charge >= 0.3 is 0 Å². The minimum atomic E-state index is -0.359. The minimum Gasteiger partial charge on any atom is -0.389 e. The largest absolute Gasteiger partial charge is 0.389 e. The third-order valence-corrected chi connectivity index (χ3v) is 2.85. The van der Waals surface area contributed by atoms with Crippen molar-refractivity contribution in [1.29, 1.82) is 0 Å². The molecule has 1 fully saturated rings. The maximum absolute atomic E-state index is 9.37. The van der Waals surface area contributed by atoms with Gasteiger partial charge in [0.15, 0.2) is 0 Å². The Morgan fingerprint density at radius 1 is 1.14 bits per heavy atom. The SMILES string of the molecule is C[C@@H](O)c1ccc(N2CCCC2)cc1. The predicted octanol–water partition coefficient (Wildman–Crippen LogP) is 2.34. The van der Waals surface area contributed by atoms with E-state index < -0.39 is 0 Å². The van der Waals surface area contributed by atoms with Crippen molar-refractivity contribution in [3.8, 4) is 0 Å². The van der Waals surface area contributed by atoms with E-state index in [0.29, 0.717) is 0 Å². The van der Waals surface area contributed by atoms with Crippen LogP contribution in [0.1, 0.15) is 31.4 Å². The molecule has 0 amide bonds. The van der Waals surface area contributed by atoms with Crippen LogP contribution in [0.4, 0.5) is 5.69 Å². The van der Waals surface area contributed by atoms with E-state index in [2.05, 4.69) is 17.0 Å². The highest BCUT2D eigenvalue weighted by Crippen LogP contribution is 2.22. The average Bonchev–Trinajstić information content (AvgIpc) is 2.71. The lowest BCUT2D eigenvalue weighted by Crippen LogP contribution is -2.17. The first-order valence-corrected chi connectivity index (χ1v) is 5.30. The Morgan fingerprint density at radius 2 is 1.71 bits per heavy atom. The summed E-state index contributed by atoms with van der Waals surface area (Å²) >= 11 is 0. The fourth-order valence-corrected chi connectivity index (χ4v) is 1.94. The molecule has 1 saturated heterocycles. The number of anilines is 1. The summed E-state index contributed by atoms with van der Waals surface area (Å²) in [5.74, 6) is 0. The van der Waals surface area contributed by atoms with Gasteiger partial charge in [-0.05, 0) is 37.5 Å². The third kappa shape index (κ3) is 1.90. The zero-order chi connectivity index (χ0) is 9.97. The summed E-state index contributed by atoms with van der Waals surface area (Å²) in [5, 5.41) is 9.37. The summed E-state index contributed by atoms with van der Waals surface area (Å²) in [4.78, 5) is 2.39. The second-order valence-corrected chi connectivity index (χ2v) is 3.96. The maximum atomic E-state index is 9.37. The first kappa shape index (κ1) is 9.53. The first-order valence-electron chi connectivity index (χ1n) is 5.30. The van der Waals surface area contributed by atoms with Gasteiger partial charge in [0.2, 0.25) is 0 Å². The Labute approximate surface area is 85.2 Å². The van der Waals surface area contributed by atoms with Gasteiger partial charge in [-0.1, -0.05) is 12.1 Å². The summed E-state index contributed by atoms with van der Waals surface area (Å²) in [6.45, 7) is 4.15. The molecule has 1 aromatic carbocycles. The molecule has 0 bridgehead atoms. The standard InChI is InChI=1S/C12H17NO/c1-10(14)11-4-6-12(7-5-11)13-8-2-3-9-13/h4-7,10,14H,2-3,8-9H2,1H3/t10-/m1/s1. The Balaban J connectivity index is 2.12. The first-order chi connectivity index (χ1) is 6.77. The quantitative estimate of drug-likeness (QED) is 0.775. The van der Waals surface area contributed by atoms with Crippen LogP contribution in [0.2, 0.25) is 0 Å². The Hall–Kier alpha value is -1.02. The second kappa shape index (κ2) is 4.01. The summed E-state index contributed by atoms with van der Waals surface area (Å²) in [6.07, 6.45) is 2.25. The second-order valence-electron chi connectivity index (χ2n) is 3.96. The van der Waals surface area contributed by atoms with E-state index in [1.807, 2.05) is 12.1 Å². The molecule has 2 heteroatoms. The van der Waals surface area contributed by atoms with E-state index in [1.54, 1.807) is 6.92 Å². The van der Waals surface area contributed by atoms with Crippen molar-refractivity contribution >= 4 is 5.69 Å². The molecule has 0 radical (unpaired) electrons. The summed E-state index contributed by atoms with van der Waals surface area (Å²) < 4.78 is 0. The van der Waals surface area contributed by atoms with E-state index in [4.69, 9.17) is 0 Å². The Bertz CT molecular complexity index is 286. The molecule has 1 aliphatic heterocycles. The predicted molar refractivity (Wildman–Crippen MR) is 58.5 cm³/mol. The van der Waals surface area contributed by atoms with E-state index in [9.17, 15) is 5.11 Å². The van der Waals surface area contributed by atoms with E-state index >= 15 is 0 Å². The van der Waals surface area contributed by atoms with Crippen LogP contribution in [0.5, 0.6) is 0 Å². The van der Waals surface area contributed by atoms with Gasteiger partial charge in [-0.3, -0.25) is 0 Å². The van der Waals surface area contributed by atoms with Gasteiger partial charge in [0.05, 0.1) is 6.10 Å². The number of aliphatic hydroxyl groups is 1. The molecule has 1 aromatic rings. The van der Waals surface area contributed by atoms with Crippen LogP contribution in [-0.2, 0) is 0 Å². The molecule has 0 aromatic heterocycles. The average molecular weight is 191 g/mol. The Kier molecular flexibility index (Phi) is 2.73.